The highest BCUT2D eigenvalue weighted by Gasteiger charge is 2.17. The second-order valence-electron chi connectivity index (χ2n) is 5.55. The summed E-state index contributed by atoms with van der Waals surface area (Å²) < 4.78 is 4.64. The summed E-state index contributed by atoms with van der Waals surface area (Å²) in [7, 11) is 1.24. The molecule has 2 aromatic carbocycles. The number of hydrogen-bond acceptors (Lipinski definition) is 5. The van der Waals surface area contributed by atoms with E-state index in [4.69, 9.17) is 11.6 Å². The normalized spacial score (nSPS) is 10.6. The maximum Gasteiger partial charge on any atom is 0.325 e. The minimum atomic E-state index is -0.570. The van der Waals surface area contributed by atoms with Gasteiger partial charge in [-0.1, -0.05) is 41.9 Å². The Labute approximate surface area is 161 Å². The molecule has 0 saturated heterocycles. The number of esters is 1. The lowest BCUT2D eigenvalue weighted by Gasteiger charge is -2.20. The van der Waals surface area contributed by atoms with Crippen LogP contribution < -0.4 is 0 Å². The highest BCUT2D eigenvalue weighted by atomic mass is 35.5. The van der Waals surface area contributed by atoms with Gasteiger partial charge in [-0.2, -0.15) is 0 Å². The maximum atomic E-state index is 12.6. The van der Waals surface area contributed by atoms with E-state index in [0.29, 0.717) is 16.1 Å². The molecule has 1 amide bonds. The van der Waals surface area contributed by atoms with E-state index in [9.17, 15) is 19.7 Å². The highest BCUT2D eigenvalue weighted by molar-refractivity contribution is 6.31. The van der Waals surface area contributed by atoms with E-state index in [2.05, 4.69) is 4.74 Å². The quantitative estimate of drug-likeness (QED) is 0.313. The minimum Gasteiger partial charge on any atom is -0.468 e. The topological polar surface area (TPSA) is 89.8 Å². The number of amides is 1. The number of benzene rings is 2. The lowest BCUT2D eigenvalue weighted by Crippen LogP contribution is -2.34. The molecule has 0 aromatic heterocycles. The Bertz CT molecular complexity index is 882. The summed E-state index contributed by atoms with van der Waals surface area (Å²) in [4.78, 5) is 35.8. The third-order valence-corrected chi connectivity index (χ3v) is 4.05. The largest absolute Gasteiger partial charge is 0.468 e. The predicted octanol–water partition coefficient (Wildman–Crippen LogP) is 3.46. The van der Waals surface area contributed by atoms with Gasteiger partial charge in [0.15, 0.2) is 0 Å². The van der Waals surface area contributed by atoms with Crippen molar-refractivity contribution >= 4 is 35.2 Å². The van der Waals surface area contributed by atoms with E-state index in [1.54, 1.807) is 30.3 Å². The number of halogens is 1. The molecule has 2 aromatic rings. The van der Waals surface area contributed by atoms with Crippen LogP contribution in [0.4, 0.5) is 5.69 Å². The fourth-order valence-electron chi connectivity index (χ4n) is 2.28. The fraction of sp³-hybridized carbons (Fsp3) is 0.158. The lowest BCUT2D eigenvalue weighted by molar-refractivity contribution is -0.384. The Morgan fingerprint density at radius 2 is 1.96 bits per heavy atom. The lowest BCUT2D eigenvalue weighted by atomic mass is 10.1. The van der Waals surface area contributed by atoms with Crippen molar-refractivity contribution in [2.45, 2.75) is 6.54 Å². The molecule has 0 heterocycles. The predicted molar refractivity (Wildman–Crippen MR) is 101 cm³/mol. The Morgan fingerprint density at radius 3 is 2.63 bits per heavy atom. The van der Waals surface area contributed by atoms with Crippen LogP contribution in [-0.4, -0.2) is 35.4 Å². The smallest absolute Gasteiger partial charge is 0.325 e. The van der Waals surface area contributed by atoms with E-state index in [1.165, 1.54) is 42.4 Å². The van der Waals surface area contributed by atoms with Crippen molar-refractivity contribution < 1.29 is 19.2 Å². The molecule has 0 aliphatic heterocycles. The Morgan fingerprint density at radius 1 is 1.22 bits per heavy atom. The summed E-state index contributed by atoms with van der Waals surface area (Å²) in [6.45, 7) is -0.132. The molecule has 0 unspecified atom stereocenters. The summed E-state index contributed by atoms with van der Waals surface area (Å²) in [5.41, 5.74) is 1.10. The minimum absolute atomic E-state index is 0.0768. The molecule has 8 heteroatoms. The van der Waals surface area contributed by atoms with Gasteiger partial charge in [0, 0.05) is 29.8 Å². The molecule has 0 bridgehead atoms. The molecule has 0 aliphatic rings. The number of nitro benzene ring substituents is 1. The van der Waals surface area contributed by atoms with Crippen molar-refractivity contribution in [1.82, 2.24) is 4.90 Å². The second-order valence-corrected chi connectivity index (χ2v) is 5.95. The number of nitrogens with zero attached hydrogens (tertiary/aromatic N) is 2. The van der Waals surface area contributed by atoms with Crippen LogP contribution in [0, 0.1) is 10.1 Å². The molecule has 0 atom stereocenters. The summed E-state index contributed by atoms with van der Waals surface area (Å²) in [6, 6.07) is 12.9. The third kappa shape index (κ3) is 5.93. The molecular formula is C19H17ClN2O5. The van der Waals surface area contributed by atoms with Gasteiger partial charge in [-0.3, -0.25) is 19.7 Å². The standard InChI is InChI=1S/C19H17ClN2O5/c1-27-19(24)13-21(12-15-6-2-3-8-17(15)20)18(23)10-9-14-5-4-7-16(11-14)22(25)26/h2-11H,12-13H2,1H3. The average molecular weight is 389 g/mol. The van der Waals surface area contributed by atoms with Crippen molar-refractivity contribution in [1.29, 1.82) is 0 Å². The molecule has 0 spiro atoms. The first-order valence-corrected chi connectivity index (χ1v) is 8.30. The van der Waals surface area contributed by atoms with Crippen molar-refractivity contribution in [3.63, 3.8) is 0 Å². The molecule has 7 nitrogen and oxygen atoms in total. The molecule has 27 heavy (non-hydrogen) atoms. The van der Waals surface area contributed by atoms with Gasteiger partial charge in [0.2, 0.25) is 5.91 Å². The van der Waals surface area contributed by atoms with Gasteiger partial charge >= 0.3 is 5.97 Å². The van der Waals surface area contributed by atoms with Gasteiger partial charge in [0.25, 0.3) is 5.69 Å². The van der Waals surface area contributed by atoms with Gasteiger partial charge < -0.3 is 9.64 Å². The number of methoxy groups -OCH3 is 1. The van der Waals surface area contributed by atoms with Crippen LogP contribution in [-0.2, 0) is 20.9 Å². The average Bonchev–Trinajstić information content (AvgIpc) is 2.67. The zero-order valence-electron chi connectivity index (χ0n) is 14.5. The third-order valence-electron chi connectivity index (χ3n) is 3.68. The van der Waals surface area contributed by atoms with Crippen molar-refractivity contribution in [2.24, 2.45) is 0 Å². The van der Waals surface area contributed by atoms with Crippen molar-refractivity contribution in [3.05, 3.63) is 80.9 Å². The van der Waals surface area contributed by atoms with Gasteiger partial charge in [-0.05, 0) is 23.3 Å². The van der Waals surface area contributed by atoms with E-state index in [0.717, 1.165) is 0 Å². The van der Waals surface area contributed by atoms with E-state index < -0.39 is 16.8 Å². The summed E-state index contributed by atoms with van der Waals surface area (Å²) in [6.07, 6.45) is 2.70. The second kappa shape index (κ2) is 9.49. The number of hydrogen-bond donors (Lipinski definition) is 0. The van der Waals surface area contributed by atoms with Crippen LogP contribution >= 0.6 is 11.6 Å². The van der Waals surface area contributed by atoms with Gasteiger partial charge in [-0.25, -0.2) is 0 Å². The number of ether oxygens (including phenoxy) is 1. The number of non-ortho nitro benzene ring substituents is 1. The van der Waals surface area contributed by atoms with Gasteiger partial charge in [-0.15, -0.1) is 0 Å². The summed E-state index contributed by atoms with van der Waals surface area (Å²) in [5, 5.41) is 11.3. The zero-order valence-corrected chi connectivity index (χ0v) is 15.3. The number of nitro groups is 1. The molecule has 0 aliphatic carbocycles. The summed E-state index contributed by atoms with van der Waals surface area (Å²) >= 11 is 6.13. The first-order valence-electron chi connectivity index (χ1n) is 7.92. The first-order chi connectivity index (χ1) is 12.9. The van der Waals surface area contributed by atoms with Crippen LogP contribution in [0.15, 0.2) is 54.6 Å². The van der Waals surface area contributed by atoms with Crippen LogP contribution in [0.2, 0.25) is 5.02 Å². The highest BCUT2D eigenvalue weighted by Crippen LogP contribution is 2.18. The molecule has 2 rings (SSSR count). The van der Waals surface area contributed by atoms with Crippen LogP contribution in [0.5, 0.6) is 0 Å². The Balaban J connectivity index is 2.20. The fourth-order valence-corrected chi connectivity index (χ4v) is 2.47. The van der Waals surface area contributed by atoms with Crippen molar-refractivity contribution in [2.75, 3.05) is 13.7 Å². The first kappa shape index (κ1) is 20.1. The number of rotatable bonds is 7. The monoisotopic (exact) mass is 388 g/mol. The maximum absolute atomic E-state index is 12.6. The van der Waals surface area contributed by atoms with Crippen LogP contribution in [0.3, 0.4) is 0 Å². The molecular weight excluding hydrogens is 372 g/mol. The molecule has 0 saturated carbocycles. The zero-order chi connectivity index (χ0) is 19.8. The van der Waals surface area contributed by atoms with Gasteiger partial charge in [0.05, 0.1) is 12.0 Å². The van der Waals surface area contributed by atoms with E-state index in [-0.39, 0.29) is 18.8 Å². The number of carbonyl (C=O) groups is 2. The SMILES string of the molecule is COC(=O)CN(Cc1ccccc1Cl)C(=O)C=Cc1cccc([N+](=O)[O-])c1. The molecule has 0 N–H and O–H groups in total. The van der Waals surface area contributed by atoms with E-state index in [1.807, 2.05) is 0 Å². The molecule has 0 radical (unpaired) electrons. The Kier molecular flexibility index (Phi) is 7.08. The Hall–Kier alpha value is -3.19. The van der Waals surface area contributed by atoms with Crippen molar-refractivity contribution in [3.8, 4) is 0 Å². The summed E-state index contributed by atoms with van der Waals surface area (Å²) in [5.74, 6) is -1.02. The van der Waals surface area contributed by atoms with E-state index >= 15 is 0 Å². The molecule has 0 fully saturated rings. The molecule has 140 valence electrons. The van der Waals surface area contributed by atoms with Gasteiger partial charge in [0.1, 0.15) is 6.54 Å². The van der Waals surface area contributed by atoms with Crippen LogP contribution in [0.25, 0.3) is 6.08 Å². The van der Waals surface area contributed by atoms with Crippen LogP contribution in [0.1, 0.15) is 11.1 Å². The number of carbonyl (C=O) groups excluding carboxylic acids is 2.